The van der Waals surface area contributed by atoms with Gasteiger partial charge in [0.2, 0.25) is 5.91 Å². The highest BCUT2D eigenvalue weighted by atomic mass is 32.2. The molecule has 1 aliphatic rings. The average molecular weight is 385 g/mol. The summed E-state index contributed by atoms with van der Waals surface area (Å²) in [6.45, 7) is 1.62. The standard InChI is InChI=1S/C19H19N3O4S/c20-19(24)22-9-7-21(8-10-22)18(23)12-27(25)13-5-6-17-15(11-13)14-3-1-2-4-16(14)26-17/h1-6,11H,7-10,12H2,(H2,20,24). The molecule has 2 aromatic carbocycles. The minimum atomic E-state index is -1.45. The van der Waals surface area contributed by atoms with E-state index in [1.54, 1.807) is 17.0 Å². The van der Waals surface area contributed by atoms with Gasteiger partial charge >= 0.3 is 6.03 Å². The number of piperazine rings is 1. The zero-order valence-electron chi connectivity index (χ0n) is 14.6. The fourth-order valence-electron chi connectivity index (χ4n) is 3.31. The Morgan fingerprint density at radius 2 is 1.63 bits per heavy atom. The monoisotopic (exact) mass is 385 g/mol. The first-order chi connectivity index (χ1) is 13.0. The molecule has 27 heavy (non-hydrogen) atoms. The van der Waals surface area contributed by atoms with Crippen molar-refractivity contribution in [2.45, 2.75) is 4.90 Å². The molecule has 3 amide bonds. The van der Waals surface area contributed by atoms with Crippen LogP contribution in [0.1, 0.15) is 0 Å². The summed E-state index contributed by atoms with van der Waals surface area (Å²) in [5.74, 6) is -0.271. The van der Waals surface area contributed by atoms with E-state index in [1.165, 1.54) is 4.90 Å². The van der Waals surface area contributed by atoms with Gasteiger partial charge in [-0.05, 0) is 24.3 Å². The molecule has 4 rings (SSSR count). The third-order valence-corrected chi connectivity index (χ3v) is 6.10. The first-order valence-corrected chi connectivity index (χ1v) is 9.96. The SMILES string of the molecule is NC(=O)N1CCN(C(=O)CS(=O)c2ccc3oc4ccccc4c3c2)CC1. The molecule has 1 fully saturated rings. The third kappa shape index (κ3) is 3.40. The van der Waals surface area contributed by atoms with Gasteiger partial charge in [0.25, 0.3) is 0 Å². The van der Waals surface area contributed by atoms with E-state index in [9.17, 15) is 13.8 Å². The zero-order valence-corrected chi connectivity index (χ0v) is 15.4. The lowest BCUT2D eigenvalue weighted by molar-refractivity contribution is -0.129. The lowest BCUT2D eigenvalue weighted by Crippen LogP contribution is -2.52. The first-order valence-electron chi connectivity index (χ1n) is 8.65. The predicted octanol–water partition coefficient (Wildman–Crippen LogP) is 1.92. The number of fused-ring (bicyclic) bond motifs is 3. The summed E-state index contributed by atoms with van der Waals surface area (Å²) in [4.78, 5) is 27.3. The lowest BCUT2D eigenvalue weighted by atomic mass is 10.1. The third-order valence-electron chi connectivity index (χ3n) is 4.81. The highest BCUT2D eigenvalue weighted by molar-refractivity contribution is 7.85. The number of benzene rings is 2. The molecule has 1 unspecified atom stereocenters. The van der Waals surface area contributed by atoms with Crippen molar-refractivity contribution < 1.29 is 18.2 Å². The van der Waals surface area contributed by atoms with Crippen molar-refractivity contribution >= 4 is 44.7 Å². The second-order valence-corrected chi connectivity index (χ2v) is 7.90. The summed E-state index contributed by atoms with van der Waals surface area (Å²) in [5.41, 5.74) is 6.75. The Morgan fingerprint density at radius 3 is 2.37 bits per heavy atom. The molecule has 2 N–H and O–H groups in total. The zero-order chi connectivity index (χ0) is 19.0. The van der Waals surface area contributed by atoms with Gasteiger partial charge in [-0.1, -0.05) is 18.2 Å². The highest BCUT2D eigenvalue weighted by Crippen LogP contribution is 2.30. The van der Waals surface area contributed by atoms with E-state index in [0.29, 0.717) is 31.1 Å². The van der Waals surface area contributed by atoms with Crippen molar-refractivity contribution in [2.24, 2.45) is 5.73 Å². The number of urea groups is 1. The van der Waals surface area contributed by atoms with Crippen molar-refractivity contribution in [3.63, 3.8) is 0 Å². The van der Waals surface area contributed by atoms with E-state index in [-0.39, 0.29) is 11.7 Å². The Morgan fingerprint density at radius 1 is 0.963 bits per heavy atom. The van der Waals surface area contributed by atoms with Crippen LogP contribution in [0.4, 0.5) is 4.79 Å². The Balaban J connectivity index is 1.49. The molecular weight excluding hydrogens is 366 g/mol. The van der Waals surface area contributed by atoms with Gasteiger partial charge in [0.1, 0.15) is 16.9 Å². The molecule has 0 saturated carbocycles. The van der Waals surface area contributed by atoms with Gasteiger partial charge in [-0.2, -0.15) is 0 Å². The van der Waals surface area contributed by atoms with Gasteiger partial charge in [-0.3, -0.25) is 9.00 Å². The normalized spacial score (nSPS) is 16.0. The van der Waals surface area contributed by atoms with Crippen LogP contribution in [0.2, 0.25) is 0 Å². The Hall–Kier alpha value is -2.87. The predicted molar refractivity (Wildman–Crippen MR) is 103 cm³/mol. The number of nitrogens with zero attached hydrogens (tertiary/aromatic N) is 2. The summed E-state index contributed by atoms with van der Waals surface area (Å²) >= 11 is 0. The molecule has 3 aromatic rings. The summed E-state index contributed by atoms with van der Waals surface area (Å²) in [6.07, 6.45) is 0. The highest BCUT2D eigenvalue weighted by Gasteiger charge is 2.24. The quantitative estimate of drug-likeness (QED) is 0.745. The Kier molecular flexibility index (Phi) is 4.57. The van der Waals surface area contributed by atoms with Crippen LogP contribution >= 0.6 is 0 Å². The number of para-hydroxylation sites is 1. The van der Waals surface area contributed by atoms with Gasteiger partial charge in [-0.15, -0.1) is 0 Å². The number of amides is 3. The molecule has 0 bridgehead atoms. The second kappa shape index (κ2) is 7.03. The van der Waals surface area contributed by atoms with Crippen LogP contribution in [0.15, 0.2) is 51.8 Å². The van der Waals surface area contributed by atoms with E-state index < -0.39 is 16.8 Å². The van der Waals surface area contributed by atoms with Crippen molar-refractivity contribution in [1.29, 1.82) is 0 Å². The molecule has 140 valence electrons. The van der Waals surface area contributed by atoms with Crippen LogP contribution in [0.5, 0.6) is 0 Å². The van der Waals surface area contributed by atoms with Crippen molar-refractivity contribution in [3.05, 3.63) is 42.5 Å². The average Bonchev–Trinajstić information content (AvgIpc) is 3.05. The number of carbonyl (C=O) groups excluding carboxylic acids is 2. The minimum Gasteiger partial charge on any atom is -0.456 e. The maximum Gasteiger partial charge on any atom is 0.314 e. The van der Waals surface area contributed by atoms with Crippen molar-refractivity contribution in [2.75, 3.05) is 31.9 Å². The molecule has 8 heteroatoms. The van der Waals surface area contributed by atoms with Gasteiger partial charge in [-0.25, -0.2) is 4.79 Å². The van der Waals surface area contributed by atoms with Crippen molar-refractivity contribution in [3.8, 4) is 0 Å². The van der Waals surface area contributed by atoms with Gasteiger partial charge in [0, 0.05) is 41.8 Å². The molecule has 1 aliphatic heterocycles. The van der Waals surface area contributed by atoms with E-state index in [1.807, 2.05) is 30.3 Å². The number of carbonyl (C=O) groups is 2. The number of rotatable bonds is 3. The summed E-state index contributed by atoms with van der Waals surface area (Å²) in [5, 5.41) is 1.85. The molecule has 2 heterocycles. The van der Waals surface area contributed by atoms with Crippen molar-refractivity contribution in [1.82, 2.24) is 9.80 Å². The number of hydrogen-bond acceptors (Lipinski definition) is 4. The smallest absolute Gasteiger partial charge is 0.314 e. The van der Waals surface area contributed by atoms with Crippen LogP contribution in [0, 0.1) is 0 Å². The summed E-state index contributed by atoms with van der Waals surface area (Å²) < 4.78 is 18.5. The van der Waals surface area contributed by atoms with E-state index >= 15 is 0 Å². The fraction of sp³-hybridized carbons (Fsp3) is 0.263. The molecule has 7 nitrogen and oxygen atoms in total. The van der Waals surface area contributed by atoms with Crippen LogP contribution in [-0.4, -0.2) is 57.9 Å². The largest absolute Gasteiger partial charge is 0.456 e. The number of nitrogens with two attached hydrogens (primary N) is 1. The van der Waals surface area contributed by atoms with Crippen LogP contribution < -0.4 is 5.73 Å². The van der Waals surface area contributed by atoms with Crippen LogP contribution in [0.25, 0.3) is 21.9 Å². The van der Waals surface area contributed by atoms with E-state index in [4.69, 9.17) is 10.2 Å². The molecule has 0 radical (unpaired) electrons. The molecular formula is C19H19N3O4S. The van der Waals surface area contributed by atoms with E-state index in [2.05, 4.69) is 0 Å². The maximum absolute atomic E-state index is 12.7. The van der Waals surface area contributed by atoms with Crippen LogP contribution in [0.3, 0.4) is 0 Å². The van der Waals surface area contributed by atoms with Gasteiger partial charge in [0.15, 0.2) is 0 Å². The van der Waals surface area contributed by atoms with Gasteiger partial charge < -0.3 is 20.0 Å². The Bertz CT molecular complexity index is 1050. The topological polar surface area (TPSA) is 96.9 Å². The van der Waals surface area contributed by atoms with E-state index in [0.717, 1.165) is 21.9 Å². The summed E-state index contributed by atoms with van der Waals surface area (Å²) in [7, 11) is -1.45. The summed E-state index contributed by atoms with van der Waals surface area (Å²) in [6, 6.07) is 12.5. The molecule has 0 spiro atoms. The molecule has 0 aliphatic carbocycles. The fourth-order valence-corrected chi connectivity index (χ4v) is 4.35. The number of hydrogen-bond donors (Lipinski definition) is 1. The Labute approximate surface area is 158 Å². The number of furan rings is 1. The van der Waals surface area contributed by atoms with Crippen LogP contribution in [-0.2, 0) is 15.6 Å². The molecule has 1 saturated heterocycles. The lowest BCUT2D eigenvalue weighted by Gasteiger charge is -2.33. The minimum absolute atomic E-state index is 0.0855. The van der Waals surface area contributed by atoms with Gasteiger partial charge in [0.05, 0.1) is 10.8 Å². The first kappa shape index (κ1) is 17.5. The second-order valence-electron chi connectivity index (χ2n) is 6.45. The number of primary amides is 1. The molecule has 1 aromatic heterocycles. The maximum atomic E-state index is 12.7. The molecule has 1 atom stereocenters.